The number of imide groups is 1. The Hall–Kier alpha value is -4.61. The Morgan fingerprint density at radius 2 is 1.73 bits per heavy atom. The molecule has 2 fully saturated rings. The summed E-state index contributed by atoms with van der Waals surface area (Å²) in [5.41, 5.74) is -0.766. The fourth-order valence-corrected chi connectivity index (χ4v) is 4.42. The maximum absolute atomic E-state index is 13.6. The summed E-state index contributed by atoms with van der Waals surface area (Å²) in [6, 6.07) is 13.5. The first-order valence-electron chi connectivity index (χ1n) is 11.1. The molecule has 9 nitrogen and oxygen atoms in total. The highest BCUT2D eigenvalue weighted by Gasteiger charge is 2.70. The Kier molecular flexibility index (Phi) is 5.73. The maximum atomic E-state index is 13.6. The van der Waals surface area contributed by atoms with Crippen LogP contribution in [0.15, 0.2) is 73.1 Å². The summed E-state index contributed by atoms with van der Waals surface area (Å²) in [4.78, 5) is 45.9. The quantitative estimate of drug-likeness (QED) is 0.463. The molecule has 1 aromatic heterocycles. The zero-order valence-electron chi connectivity index (χ0n) is 19.2. The average Bonchev–Trinajstić information content (AvgIpc) is 3.46. The lowest BCUT2D eigenvalue weighted by Gasteiger charge is -2.24. The predicted molar refractivity (Wildman–Crippen MR) is 125 cm³/mol. The minimum Gasteiger partial charge on any atom is -0.410 e. The molecule has 1 N–H and O–H groups in total. The maximum Gasteiger partial charge on any atom is 0.573 e. The van der Waals surface area contributed by atoms with Crippen LogP contribution >= 0.6 is 0 Å². The number of nitrogens with zero attached hydrogens (tertiary/aromatic N) is 3. The topological polar surface area (TPSA) is 101 Å². The van der Waals surface area contributed by atoms with E-state index in [2.05, 4.69) is 15.0 Å². The zero-order valence-corrected chi connectivity index (χ0v) is 19.2. The van der Waals surface area contributed by atoms with Crippen LogP contribution in [0, 0.1) is 5.92 Å². The highest BCUT2D eigenvalue weighted by molar-refractivity contribution is 6.32. The number of nitrogens with one attached hydrogen (secondary N) is 1. The van der Waals surface area contributed by atoms with Crippen LogP contribution in [0.1, 0.15) is 13.3 Å². The van der Waals surface area contributed by atoms with E-state index in [1.54, 1.807) is 37.3 Å². The van der Waals surface area contributed by atoms with Crippen molar-refractivity contribution in [1.29, 1.82) is 0 Å². The average molecular weight is 512 g/mol. The minimum absolute atomic E-state index is 0.0811. The van der Waals surface area contributed by atoms with E-state index < -0.39 is 35.7 Å². The van der Waals surface area contributed by atoms with Crippen LogP contribution in [0.3, 0.4) is 0 Å². The lowest BCUT2D eigenvalue weighted by atomic mass is 10.1. The summed E-state index contributed by atoms with van der Waals surface area (Å²) in [6.45, 7) is 1.81. The molecule has 1 saturated carbocycles. The lowest BCUT2D eigenvalue weighted by Crippen LogP contribution is -2.39. The molecule has 1 saturated heterocycles. The van der Waals surface area contributed by atoms with Crippen LogP contribution in [0.5, 0.6) is 11.5 Å². The first-order valence-corrected chi connectivity index (χ1v) is 11.1. The van der Waals surface area contributed by atoms with Gasteiger partial charge in [0.05, 0.1) is 23.3 Å². The van der Waals surface area contributed by atoms with Gasteiger partial charge in [0.15, 0.2) is 0 Å². The molecule has 2 atom stereocenters. The Balaban J connectivity index is 1.44. The molecule has 0 bridgehead atoms. The van der Waals surface area contributed by atoms with Crippen molar-refractivity contribution in [2.75, 3.05) is 15.1 Å². The molecule has 1 aliphatic carbocycles. The van der Waals surface area contributed by atoms with E-state index in [1.807, 2.05) is 0 Å². The monoisotopic (exact) mass is 512 g/mol. The van der Waals surface area contributed by atoms with Gasteiger partial charge in [-0.15, -0.1) is 13.2 Å². The van der Waals surface area contributed by atoms with Crippen LogP contribution < -0.4 is 24.6 Å². The highest BCUT2D eigenvalue weighted by atomic mass is 19.4. The summed E-state index contributed by atoms with van der Waals surface area (Å²) < 4.78 is 46.7. The normalized spacial score (nSPS) is 20.8. The van der Waals surface area contributed by atoms with Crippen LogP contribution in [-0.4, -0.2) is 34.9 Å². The van der Waals surface area contributed by atoms with Crippen molar-refractivity contribution in [1.82, 2.24) is 4.98 Å². The Labute approximate surface area is 208 Å². The number of urea groups is 1. The van der Waals surface area contributed by atoms with Gasteiger partial charge in [0.25, 0.3) is 5.91 Å². The molecule has 12 heteroatoms. The molecule has 3 aromatic rings. The van der Waals surface area contributed by atoms with E-state index in [9.17, 15) is 27.6 Å². The van der Waals surface area contributed by atoms with Crippen molar-refractivity contribution in [2.45, 2.75) is 25.2 Å². The third-order valence-corrected chi connectivity index (χ3v) is 6.19. The number of hydrogen-bond donors (Lipinski definition) is 1. The molecule has 2 aliphatic rings. The van der Waals surface area contributed by atoms with Crippen molar-refractivity contribution < 1.29 is 37.0 Å². The third kappa shape index (κ3) is 4.41. The number of ether oxygens (including phenoxy) is 2. The summed E-state index contributed by atoms with van der Waals surface area (Å²) in [5, 5.41) is 2.57. The Morgan fingerprint density at radius 1 is 1.05 bits per heavy atom. The minimum atomic E-state index is -4.88. The number of rotatable bonds is 5. The largest absolute Gasteiger partial charge is 0.573 e. The summed E-state index contributed by atoms with van der Waals surface area (Å²) in [6.07, 6.45) is -2.61. The van der Waals surface area contributed by atoms with Crippen molar-refractivity contribution in [3.05, 3.63) is 73.1 Å². The molecule has 190 valence electrons. The molecular weight excluding hydrogens is 493 g/mol. The number of amides is 4. The fourth-order valence-electron chi connectivity index (χ4n) is 4.42. The van der Waals surface area contributed by atoms with Crippen molar-refractivity contribution in [3.63, 3.8) is 0 Å². The van der Waals surface area contributed by atoms with Crippen molar-refractivity contribution in [2.24, 2.45) is 5.92 Å². The molecule has 0 radical (unpaired) electrons. The van der Waals surface area contributed by atoms with Crippen LogP contribution in [0.25, 0.3) is 0 Å². The summed E-state index contributed by atoms with van der Waals surface area (Å²) >= 11 is 0. The number of pyridine rings is 1. The second-order valence-electron chi connectivity index (χ2n) is 8.55. The SMILES string of the molecule is CC1CC12C(=O)N(c1ccc(OC(F)(F)F)cc1)C(=O)N2c1ccncc1NC(=O)Oc1ccccc1. The van der Waals surface area contributed by atoms with Gasteiger partial charge in [-0.05, 0) is 54.8 Å². The lowest BCUT2D eigenvalue weighted by molar-refractivity contribution is -0.274. The highest BCUT2D eigenvalue weighted by Crippen LogP contribution is 2.56. The zero-order chi connectivity index (χ0) is 26.4. The molecule has 2 unspecified atom stereocenters. The molecule has 4 amide bonds. The van der Waals surface area contributed by atoms with E-state index in [-0.39, 0.29) is 23.0 Å². The molecular formula is C25H19F3N4O5. The van der Waals surface area contributed by atoms with E-state index in [1.165, 1.54) is 35.5 Å². The van der Waals surface area contributed by atoms with Gasteiger partial charge in [-0.3, -0.25) is 20.0 Å². The van der Waals surface area contributed by atoms with Gasteiger partial charge in [-0.2, -0.15) is 0 Å². The summed E-state index contributed by atoms with van der Waals surface area (Å²) in [5.74, 6) is -0.920. The van der Waals surface area contributed by atoms with E-state index in [0.29, 0.717) is 12.2 Å². The summed E-state index contributed by atoms with van der Waals surface area (Å²) in [7, 11) is 0. The van der Waals surface area contributed by atoms with Crippen molar-refractivity contribution >= 4 is 35.1 Å². The molecule has 1 aliphatic heterocycles. The van der Waals surface area contributed by atoms with E-state index in [4.69, 9.17) is 4.74 Å². The van der Waals surface area contributed by atoms with Gasteiger partial charge in [0, 0.05) is 6.20 Å². The van der Waals surface area contributed by atoms with Gasteiger partial charge in [0.1, 0.15) is 17.0 Å². The number of alkyl halides is 3. The molecule has 2 heterocycles. The van der Waals surface area contributed by atoms with Gasteiger partial charge in [0.2, 0.25) is 0 Å². The molecule has 2 aromatic carbocycles. The number of hydrogen-bond acceptors (Lipinski definition) is 6. The number of halogens is 3. The standard InChI is InChI=1S/C25H19F3N4O5/c1-15-13-24(15)21(33)31(16-7-9-18(10-8-16)37-25(26,27)28)23(35)32(24)20-11-12-29-14-19(20)30-22(34)36-17-5-3-2-4-6-17/h2-12,14-15H,13H2,1H3,(H,30,34). The number of carbonyl (C=O) groups is 3. The van der Waals surface area contributed by atoms with Crippen LogP contribution in [-0.2, 0) is 4.79 Å². The van der Waals surface area contributed by atoms with E-state index >= 15 is 0 Å². The number of anilines is 3. The smallest absolute Gasteiger partial charge is 0.410 e. The molecule has 5 rings (SSSR count). The van der Waals surface area contributed by atoms with E-state index in [0.717, 1.165) is 17.0 Å². The van der Waals surface area contributed by atoms with Crippen molar-refractivity contribution in [3.8, 4) is 11.5 Å². The van der Waals surface area contributed by atoms with Gasteiger partial charge in [-0.1, -0.05) is 25.1 Å². The molecule has 1 spiro atoms. The first kappa shape index (κ1) is 24.1. The van der Waals surface area contributed by atoms with Crippen LogP contribution in [0.4, 0.5) is 39.8 Å². The third-order valence-electron chi connectivity index (χ3n) is 6.19. The van der Waals surface area contributed by atoms with Gasteiger partial charge < -0.3 is 9.47 Å². The second-order valence-corrected chi connectivity index (χ2v) is 8.55. The van der Waals surface area contributed by atoms with Crippen LogP contribution in [0.2, 0.25) is 0 Å². The molecule has 37 heavy (non-hydrogen) atoms. The van der Waals surface area contributed by atoms with Gasteiger partial charge in [-0.25, -0.2) is 14.5 Å². The first-order chi connectivity index (χ1) is 17.6. The number of benzene rings is 2. The number of carbonyl (C=O) groups excluding carboxylic acids is 3. The van der Waals surface area contributed by atoms with Gasteiger partial charge >= 0.3 is 18.5 Å². The predicted octanol–water partition coefficient (Wildman–Crippen LogP) is 5.34. The fraction of sp³-hybridized carbons (Fsp3) is 0.200. The number of para-hydroxylation sites is 1. The Morgan fingerprint density at radius 3 is 2.35 bits per heavy atom. The second kappa shape index (κ2) is 8.80. The number of aromatic nitrogens is 1. The Bertz CT molecular complexity index is 1370.